The second-order valence-electron chi connectivity index (χ2n) is 6.07. The zero-order valence-electron chi connectivity index (χ0n) is 15.6. The van der Waals surface area contributed by atoms with Crippen molar-refractivity contribution >= 4 is 23.7 Å². The molecule has 0 fully saturated rings. The standard InChI is InChI=1S/C20H23N3O4/c1-13-4-5-16(10-14(13)2)22-19(25)8-9-20(26)23-21-12-15-11-17(27-3)6-7-18(15)24/h4-7,10-12,24H,8-9H2,1-3H3,(H,22,25)(H,23,26)/b21-12-. The number of phenolic OH excluding ortho intramolecular Hbond substituents is 1. The van der Waals surface area contributed by atoms with Gasteiger partial charge in [-0.2, -0.15) is 5.10 Å². The number of hydrogen-bond acceptors (Lipinski definition) is 5. The van der Waals surface area contributed by atoms with Crippen LogP contribution in [0.15, 0.2) is 41.5 Å². The second kappa shape index (κ2) is 9.38. The van der Waals surface area contributed by atoms with Gasteiger partial charge in [-0.15, -0.1) is 0 Å². The summed E-state index contributed by atoms with van der Waals surface area (Å²) in [5, 5.41) is 16.3. The SMILES string of the molecule is COc1ccc(O)c(/C=N\NC(=O)CCC(=O)Nc2ccc(C)c(C)c2)c1. The number of aryl methyl sites for hydroxylation is 2. The monoisotopic (exact) mass is 369 g/mol. The number of phenols is 1. The van der Waals surface area contributed by atoms with E-state index < -0.39 is 5.91 Å². The number of carbonyl (C=O) groups excluding carboxylic acids is 2. The highest BCUT2D eigenvalue weighted by molar-refractivity contribution is 5.93. The fourth-order valence-electron chi connectivity index (χ4n) is 2.26. The van der Waals surface area contributed by atoms with Crippen molar-refractivity contribution in [3.05, 3.63) is 53.1 Å². The quantitative estimate of drug-likeness (QED) is 0.516. The summed E-state index contributed by atoms with van der Waals surface area (Å²) in [5.41, 5.74) is 5.67. The van der Waals surface area contributed by atoms with E-state index in [1.54, 1.807) is 12.1 Å². The van der Waals surface area contributed by atoms with Crippen LogP contribution in [0.3, 0.4) is 0 Å². The minimum Gasteiger partial charge on any atom is -0.507 e. The Labute approximate surface area is 158 Å². The molecule has 2 aromatic carbocycles. The summed E-state index contributed by atoms with van der Waals surface area (Å²) in [6, 6.07) is 10.3. The van der Waals surface area contributed by atoms with Gasteiger partial charge >= 0.3 is 0 Å². The predicted molar refractivity (Wildman–Crippen MR) is 104 cm³/mol. The van der Waals surface area contributed by atoms with E-state index >= 15 is 0 Å². The molecule has 0 aliphatic heterocycles. The first-order chi connectivity index (χ1) is 12.9. The summed E-state index contributed by atoms with van der Waals surface area (Å²) in [4.78, 5) is 23.8. The fraction of sp³-hybridized carbons (Fsp3) is 0.250. The molecule has 7 nitrogen and oxygen atoms in total. The highest BCUT2D eigenvalue weighted by Crippen LogP contribution is 2.21. The molecule has 0 saturated carbocycles. The number of rotatable bonds is 7. The molecule has 0 spiro atoms. The van der Waals surface area contributed by atoms with Gasteiger partial charge in [0.15, 0.2) is 0 Å². The molecule has 0 heterocycles. The van der Waals surface area contributed by atoms with Gasteiger partial charge in [0, 0.05) is 24.1 Å². The van der Waals surface area contributed by atoms with Gasteiger partial charge in [0.25, 0.3) is 0 Å². The van der Waals surface area contributed by atoms with Crippen molar-refractivity contribution in [2.75, 3.05) is 12.4 Å². The Hall–Kier alpha value is -3.35. The number of aromatic hydroxyl groups is 1. The molecule has 0 aliphatic carbocycles. The van der Waals surface area contributed by atoms with Crippen molar-refractivity contribution in [2.45, 2.75) is 26.7 Å². The van der Waals surface area contributed by atoms with E-state index in [4.69, 9.17) is 4.74 Å². The van der Waals surface area contributed by atoms with Gasteiger partial charge in [-0.1, -0.05) is 6.07 Å². The van der Waals surface area contributed by atoms with E-state index in [2.05, 4.69) is 15.8 Å². The molecule has 2 rings (SSSR count). The van der Waals surface area contributed by atoms with E-state index in [0.717, 1.165) is 11.1 Å². The average Bonchev–Trinajstić information content (AvgIpc) is 2.64. The van der Waals surface area contributed by atoms with Crippen LogP contribution in [0.5, 0.6) is 11.5 Å². The molecule has 0 bridgehead atoms. The third kappa shape index (κ3) is 6.14. The maximum atomic E-state index is 11.9. The van der Waals surface area contributed by atoms with Crippen LogP contribution in [0.4, 0.5) is 5.69 Å². The molecule has 0 unspecified atom stereocenters. The summed E-state index contributed by atoms with van der Waals surface area (Å²) in [5.74, 6) is -0.0724. The number of ether oxygens (including phenoxy) is 1. The fourth-order valence-corrected chi connectivity index (χ4v) is 2.26. The van der Waals surface area contributed by atoms with Crippen LogP contribution in [0.25, 0.3) is 0 Å². The molecule has 0 aliphatic rings. The molecule has 0 saturated heterocycles. The van der Waals surface area contributed by atoms with Crippen molar-refractivity contribution in [2.24, 2.45) is 5.10 Å². The number of nitrogens with one attached hydrogen (secondary N) is 2. The van der Waals surface area contributed by atoms with Crippen LogP contribution in [0, 0.1) is 13.8 Å². The molecule has 142 valence electrons. The lowest BCUT2D eigenvalue weighted by atomic mass is 10.1. The third-order valence-corrected chi connectivity index (χ3v) is 4.00. The summed E-state index contributed by atoms with van der Waals surface area (Å²) >= 11 is 0. The van der Waals surface area contributed by atoms with Crippen LogP contribution in [0.2, 0.25) is 0 Å². The van der Waals surface area contributed by atoms with Crippen molar-refractivity contribution in [3.63, 3.8) is 0 Å². The average molecular weight is 369 g/mol. The molecule has 0 aromatic heterocycles. The van der Waals surface area contributed by atoms with E-state index in [0.29, 0.717) is 17.0 Å². The van der Waals surface area contributed by atoms with E-state index in [1.807, 2.05) is 32.0 Å². The van der Waals surface area contributed by atoms with E-state index in [9.17, 15) is 14.7 Å². The zero-order chi connectivity index (χ0) is 19.8. The van der Waals surface area contributed by atoms with Crippen molar-refractivity contribution < 1.29 is 19.4 Å². The minimum absolute atomic E-state index is 0.00188. The number of hydrogen-bond donors (Lipinski definition) is 3. The van der Waals surface area contributed by atoms with Crippen molar-refractivity contribution in [3.8, 4) is 11.5 Å². The summed E-state index contributed by atoms with van der Waals surface area (Å²) < 4.78 is 5.06. The smallest absolute Gasteiger partial charge is 0.240 e. The molecule has 3 N–H and O–H groups in total. The van der Waals surface area contributed by atoms with Crippen LogP contribution in [-0.4, -0.2) is 30.2 Å². The number of amides is 2. The Balaban J connectivity index is 1.80. The molecule has 27 heavy (non-hydrogen) atoms. The minimum atomic E-state index is -0.399. The van der Waals surface area contributed by atoms with E-state index in [1.165, 1.54) is 19.4 Å². The van der Waals surface area contributed by atoms with Crippen LogP contribution in [-0.2, 0) is 9.59 Å². The summed E-state index contributed by atoms with van der Waals surface area (Å²) in [7, 11) is 1.51. The Morgan fingerprint density at radius 3 is 2.52 bits per heavy atom. The first kappa shape index (κ1) is 20.0. The van der Waals surface area contributed by atoms with Gasteiger partial charge in [0.1, 0.15) is 11.5 Å². The number of nitrogens with zero attached hydrogens (tertiary/aromatic N) is 1. The van der Waals surface area contributed by atoms with Gasteiger partial charge in [-0.3, -0.25) is 9.59 Å². The lowest BCUT2D eigenvalue weighted by Gasteiger charge is -2.07. The highest BCUT2D eigenvalue weighted by atomic mass is 16.5. The van der Waals surface area contributed by atoms with Gasteiger partial charge in [0.05, 0.1) is 13.3 Å². The Bertz CT molecular complexity index is 862. The summed E-state index contributed by atoms with van der Waals surface area (Å²) in [6.07, 6.45) is 1.35. The van der Waals surface area contributed by atoms with Gasteiger partial charge < -0.3 is 15.2 Å². The van der Waals surface area contributed by atoms with Crippen molar-refractivity contribution in [1.29, 1.82) is 0 Å². The van der Waals surface area contributed by atoms with Gasteiger partial charge in [-0.05, 0) is 55.3 Å². The largest absolute Gasteiger partial charge is 0.507 e. The number of benzene rings is 2. The molecule has 0 atom stereocenters. The van der Waals surface area contributed by atoms with Gasteiger partial charge in [0.2, 0.25) is 11.8 Å². The zero-order valence-corrected chi connectivity index (χ0v) is 15.6. The number of hydrazone groups is 1. The Kier molecular flexibility index (Phi) is 6.93. The van der Waals surface area contributed by atoms with Gasteiger partial charge in [-0.25, -0.2) is 5.43 Å². The first-order valence-electron chi connectivity index (χ1n) is 8.45. The third-order valence-electron chi connectivity index (χ3n) is 4.00. The second-order valence-corrected chi connectivity index (χ2v) is 6.07. The lowest BCUT2D eigenvalue weighted by molar-refractivity contribution is -0.124. The molecule has 2 aromatic rings. The maximum Gasteiger partial charge on any atom is 0.240 e. The lowest BCUT2D eigenvalue weighted by Crippen LogP contribution is -2.20. The molecule has 2 amide bonds. The van der Waals surface area contributed by atoms with Crippen LogP contribution in [0.1, 0.15) is 29.5 Å². The molecule has 0 radical (unpaired) electrons. The maximum absolute atomic E-state index is 11.9. The normalized spacial score (nSPS) is 10.6. The Morgan fingerprint density at radius 2 is 1.81 bits per heavy atom. The van der Waals surface area contributed by atoms with Crippen LogP contribution < -0.4 is 15.5 Å². The topological polar surface area (TPSA) is 100 Å². The Morgan fingerprint density at radius 1 is 1.07 bits per heavy atom. The predicted octanol–water partition coefficient (Wildman–Crippen LogP) is 2.89. The molecular formula is C20H23N3O4. The molecule has 7 heteroatoms. The highest BCUT2D eigenvalue weighted by Gasteiger charge is 2.07. The first-order valence-corrected chi connectivity index (χ1v) is 8.45. The van der Waals surface area contributed by atoms with Crippen molar-refractivity contribution in [1.82, 2.24) is 5.43 Å². The number of carbonyl (C=O) groups is 2. The number of anilines is 1. The van der Waals surface area contributed by atoms with E-state index in [-0.39, 0.29) is 24.5 Å². The molecular weight excluding hydrogens is 346 g/mol. The summed E-state index contributed by atoms with van der Waals surface area (Å²) in [6.45, 7) is 3.97. The number of methoxy groups -OCH3 is 1. The van der Waals surface area contributed by atoms with Crippen LogP contribution >= 0.6 is 0 Å².